The Hall–Kier alpha value is -3.35. The molecule has 1 fully saturated rings. The maximum Gasteiger partial charge on any atom is 0.232 e. The van der Waals surface area contributed by atoms with Crippen LogP contribution < -0.4 is 15.4 Å². The molecule has 8 nitrogen and oxygen atoms in total. The van der Waals surface area contributed by atoms with Crippen molar-refractivity contribution in [2.45, 2.75) is 16.4 Å². The molecule has 1 aliphatic heterocycles. The van der Waals surface area contributed by atoms with E-state index in [1.165, 1.54) is 11.8 Å². The van der Waals surface area contributed by atoms with E-state index in [0.29, 0.717) is 29.8 Å². The van der Waals surface area contributed by atoms with Crippen LogP contribution in [0.5, 0.6) is 5.88 Å². The van der Waals surface area contributed by atoms with Gasteiger partial charge in [0.25, 0.3) is 0 Å². The maximum absolute atomic E-state index is 9.14. The quantitative estimate of drug-likeness (QED) is 0.628. The van der Waals surface area contributed by atoms with E-state index in [4.69, 9.17) is 20.7 Å². The third kappa shape index (κ3) is 5.42. The number of hydrogen-bond acceptors (Lipinski definition) is 9. The smallest absolute Gasteiger partial charge is 0.232 e. The molecule has 0 radical (unpaired) electrons. The highest BCUT2D eigenvalue weighted by Crippen LogP contribution is 2.34. The van der Waals surface area contributed by atoms with Gasteiger partial charge >= 0.3 is 0 Å². The van der Waals surface area contributed by atoms with Gasteiger partial charge in [-0.2, -0.15) is 10.2 Å². The van der Waals surface area contributed by atoms with Gasteiger partial charge in [-0.15, -0.1) is 0 Å². The van der Waals surface area contributed by atoms with Crippen molar-refractivity contribution in [1.29, 1.82) is 5.26 Å². The first kappa shape index (κ1) is 20.9. The molecule has 31 heavy (non-hydrogen) atoms. The fraction of sp³-hybridized carbons (Fsp3) is 0.273. The van der Waals surface area contributed by atoms with Crippen LogP contribution in [-0.4, -0.2) is 53.1 Å². The van der Waals surface area contributed by atoms with E-state index in [2.05, 4.69) is 32.9 Å². The second-order valence-corrected chi connectivity index (χ2v) is 8.37. The lowest BCUT2D eigenvalue weighted by Crippen LogP contribution is -2.45. The number of likely N-dealkylation sites (N-methyl/N-ethyl adjacent to an activating group) is 1. The molecule has 0 bridgehead atoms. The van der Waals surface area contributed by atoms with Gasteiger partial charge < -0.3 is 20.3 Å². The number of rotatable bonds is 6. The van der Waals surface area contributed by atoms with Crippen molar-refractivity contribution in [2.75, 3.05) is 43.9 Å². The first-order valence-electron chi connectivity index (χ1n) is 9.92. The highest BCUT2D eigenvalue weighted by atomic mass is 32.2. The first-order chi connectivity index (χ1) is 15.1. The summed E-state index contributed by atoms with van der Waals surface area (Å²) in [6, 6.07) is 13.2. The first-order valence-corrected chi connectivity index (χ1v) is 10.7. The molecule has 0 saturated carbocycles. The van der Waals surface area contributed by atoms with Gasteiger partial charge in [0.1, 0.15) is 12.4 Å². The molecule has 0 unspecified atom stereocenters. The Morgan fingerprint density at radius 3 is 2.71 bits per heavy atom. The van der Waals surface area contributed by atoms with Crippen LogP contribution in [0, 0.1) is 11.3 Å². The molecule has 4 rings (SSSR count). The molecule has 1 aliphatic rings. The number of ether oxygens (including phenoxy) is 1. The molecule has 9 heteroatoms. The molecule has 158 valence electrons. The van der Waals surface area contributed by atoms with E-state index in [1.807, 2.05) is 24.3 Å². The molecule has 1 saturated heterocycles. The summed E-state index contributed by atoms with van der Waals surface area (Å²) in [5.41, 5.74) is 7.20. The van der Waals surface area contributed by atoms with E-state index in [-0.39, 0.29) is 0 Å². The SMILES string of the molecule is CN1CCN(c2ncc(Sc3ccc(N)nc3)c(OCc3cccc(C#N)c3)n2)CC1. The van der Waals surface area contributed by atoms with Crippen LogP contribution in [0.3, 0.4) is 0 Å². The topological polar surface area (TPSA) is 104 Å². The van der Waals surface area contributed by atoms with Crippen molar-refractivity contribution < 1.29 is 4.74 Å². The van der Waals surface area contributed by atoms with Crippen molar-refractivity contribution >= 4 is 23.5 Å². The van der Waals surface area contributed by atoms with E-state index in [0.717, 1.165) is 41.5 Å². The number of nitrogens with zero attached hydrogens (tertiary/aromatic N) is 6. The second kappa shape index (κ2) is 9.64. The van der Waals surface area contributed by atoms with E-state index in [1.54, 1.807) is 24.5 Å². The number of nitrogens with two attached hydrogens (primary N) is 1. The van der Waals surface area contributed by atoms with Crippen LogP contribution in [0.2, 0.25) is 0 Å². The summed E-state index contributed by atoms with van der Waals surface area (Å²) in [6.07, 6.45) is 3.51. The summed E-state index contributed by atoms with van der Waals surface area (Å²) in [5.74, 6) is 1.64. The molecule has 0 amide bonds. The van der Waals surface area contributed by atoms with Crippen molar-refractivity contribution in [1.82, 2.24) is 19.9 Å². The Balaban J connectivity index is 1.58. The van der Waals surface area contributed by atoms with E-state index < -0.39 is 0 Å². The van der Waals surface area contributed by atoms with Gasteiger partial charge in [-0.25, -0.2) is 9.97 Å². The van der Waals surface area contributed by atoms with E-state index >= 15 is 0 Å². The number of pyridine rings is 1. The number of hydrogen-bond donors (Lipinski definition) is 1. The highest BCUT2D eigenvalue weighted by Gasteiger charge is 2.19. The Kier molecular flexibility index (Phi) is 6.50. The lowest BCUT2D eigenvalue weighted by Gasteiger charge is -2.32. The number of aromatic nitrogens is 3. The normalized spacial score (nSPS) is 14.3. The number of nitrogen functional groups attached to an aromatic ring is 1. The van der Waals surface area contributed by atoms with Crippen molar-refractivity contribution in [3.05, 3.63) is 59.9 Å². The molecule has 3 aromatic rings. The van der Waals surface area contributed by atoms with Gasteiger partial charge in [0.2, 0.25) is 11.8 Å². The zero-order chi connectivity index (χ0) is 21.6. The van der Waals surface area contributed by atoms with Crippen LogP contribution in [0.4, 0.5) is 11.8 Å². The fourth-order valence-corrected chi connectivity index (χ4v) is 3.93. The molecule has 3 heterocycles. The van der Waals surface area contributed by atoms with Crippen LogP contribution in [-0.2, 0) is 6.61 Å². The molecule has 0 atom stereocenters. The molecule has 0 aliphatic carbocycles. The largest absolute Gasteiger partial charge is 0.472 e. The molecule has 2 N–H and O–H groups in total. The Labute approximate surface area is 185 Å². The Bertz CT molecular complexity index is 1080. The fourth-order valence-electron chi connectivity index (χ4n) is 3.14. The highest BCUT2D eigenvalue weighted by molar-refractivity contribution is 7.99. The van der Waals surface area contributed by atoms with Gasteiger partial charge in [-0.05, 0) is 36.9 Å². The van der Waals surface area contributed by atoms with Gasteiger partial charge in [0, 0.05) is 37.3 Å². The lowest BCUT2D eigenvalue weighted by molar-refractivity contribution is 0.283. The summed E-state index contributed by atoms with van der Waals surface area (Å²) >= 11 is 1.47. The zero-order valence-corrected chi connectivity index (χ0v) is 18.0. The maximum atomic E-state index is 9.14. The molecular formula is C22H23N7OS. The van der Waals surface area contributed by atoms with Gasteiger partial charge in [-0.1, -0.05) is 23.9 Å². The van der Waals surface area contributed by atoms with Crippen LogP contribution in [0.25, 0.3) is 0 Å². The Morgan fingerprint density at radius 2 is 1.97 bits per heavy atom. The predicted molar refractivity (Wildman–Crippen MR) is 120 cm³/mol. The monoisotopic (exact) mass is 433 g/mol. The molecular weight excluding hydrogens is 410 g/mol. The molecule has 1 aromatic carbocycles. The third-order valence-corrected chi connectivity index (χ3v) is 5.89. The number of anilines is 2. The van der Waals surface area contributed by atoms with Gasteiger partial charge in [0.05, 0.1) is 22.7 Å². The summed E-state index contributed by atoms with van der Waals surface area (Å²) in [6.45, 7) is 3.98. The van der Waals surface area contributed by atoms with Crippen molar-refractivity contribution in [2.24, 2.45) is 0 Å². The average molecular weight is 434 g/mol. The average Bonchev–Trinajstić information content (AvgIpc) is 2.80. The second-order valence-electron chi connectivity index (χ2n) is 7.25. The van der Waals surface area contributed by atoms with Gasteiger partial charge in [-0.3, -0.25) is 0 Å². The molecule has 2 aromatic heterocycles. The number of benzene rings is 1. The molecule has 0 spiro atoms. The minimum absolute atomic E-state index is 0.308. The summed E-state index contributed by atoms with van der Waals surface area (Å²) in [5, 5.41) is 9.14. The van der Waals surface area contributed by atoms with Crippen LogP contribution in [0.1, 0.15) is 11.1 Å². The minimum Gasteiger partial charge on any atom is -0.472 e. The minimum atomic E-state index is 0.308. The lowest BCUT2D eigenvalue weighted by atomic mass is 10.1. The van der Waals surface area contributed by atoms with E-state index in [9.17, 15) is 0 Å². The number of piperazine rings is 1. The van der Waals surface area contributed by atoms with Crippen LogP contribution >= 0.6 is 11.8 Å². The standard InChI is InChI=1S/C22H23N7OS/c1-28-7-9-29(10-8-28)22-26-14-19(31-18-5-6-20(24)25-13-18)21(27-22)30-15-17-4-2-3-16(11-17)12-23/h2-6,11,13-14H,7-10,15H2,1H3,(H2,24,25). The summed E-state index contributed by atoms with van der Waals surface area (Å²) < 4.78 is 6.11. The Morgan fingerprint density at radius 1 is 1.13 bits per heavy atom. The summed E-state index contributed by atoms with van der Waals surface area (Å²) in [4.78, 5) is 19.6. The van der Waals surface area contributed by atoms with Crippen molar-refractivity contribution in [3.8, 4) is 11.9 Å². The predicted octanol–water partition coefficient (Wildman–Crippen LogP) is 2.81. The van der Waals surface area contributed by atoms with Gasteiger partial charge in [0.15, 0.2) is 0 Å². The number of nitriles is 1. The third-order valence-electron chi connectivity index (χ3n) is 4.91. The zero-order valence-electron chi connectivity index (χ0n) is 17.2. The summed E-state index contributed by atoms with van der Waals surface area (Å²) in [7, 11) is 2.11. The van der Waals surface area contributed by atoms with Crippen molar-refractivity contribution in [3.63, 3.8) is 0 Å². The van der Waals surface area contributed by atoms with Crippen LogP contribution in [0.15, 0.2) is 58.6 Å².